The molecule has 64 valence electrons. The van der Waals surface area contributed by atoms with E-state index in [4.69, 9.17) is 40.6 Å². The van der Waals surface area contributed by atoms with E-state index >= 15 is 0 Å². The van der Waals surface area contributed by atoms with E-state index in [0.29, 0.717) is 20.6 Å². The number of nitrogens with zero attached hydrogens (tertiary/aromatic N) is 1. The van der Waals surface area contributed by atoms with Gasteiger partial charge < -0.3 is 5.84 Å². The minimum Gasteiger partial charge on any atom is -0.323 e. The topological polar surface area (TPSA) is 38.4 Å². The predicted molar refractivity (Wildman–Crippen MR) is 53.3 cm³/mol. The zero-order chi connectivity index (χ0) is 9.14. The van der Waals surface area contributed by atoms with Gasteiger partial charge in [-0.2, -0.15) is 5.10 Å². The van der Waals surface area contributed by atoms with E-state index in [1.165, 1.54) is 6.21 Å². The average Bonchev–Trinajstić information content (AvgIpc) is 1.96. The summed E-state index contributed by atoms with van der Waals surface area (Å²) in [6, 6.07) is 3.15. The molecule has 1 rings (SSSR count). The molecule has 0 aliphatic rings. The predicted octanol–water partition coefficient (Wildman–Crippen LogP) is 2.94. The lowest BCUT2D eigenvalue weighted by Crippen LogP contribution is -1.89. The van der Waals surface area contributed by atoms with E-state index < -0.39 is 0 Å². The molecule has 12 heavy (non-hydrogen) atoms. The van der Waals surface area contributed by atoms with Crippen LogP contribution < -0.4 is 5.84 Å². The van der Waals surface area contributed by atoms with E-state index in [1.807, 2.05) is 0 Å². The number of hydrazone groups is 1. The second-order valence-electron chi connectivity index (χ2n) is 2.06. The highest BCUT2D eigenvalue weighted by atomic mass is 35.5. The minimum absolute atomic E-state index is 0.432. The van der Waals surface area contributed by atoms with Crippen molar-refractivity contribution in [2.75, 3.05) is 0 Å². The van der Waals surface area contributed by atoms with Crippen LogP contribution in [0.5, 0.6) is 0 Å². The Balaban J connectivity index is 3.28. The lowest BCUT2D eigenvalue weighted by atomic mass is 10.2. The number of halogens is 3. The van der Waals surface area contributed by atoms with Crippen molar-refractivity contribution in [1.82, 2.24) is 0 Å². The van der Waals surface area contributed by atoms with Gasteiger partial charge in [0.15, 0.2) is 0 Å². The van der Waals surface area contributed by atoms with Crippen LogP contribution in [0.4, 0.5) is 0 Å². The molecule has 0 aromatic heterocycles. The summed E-state index contributed by atoms with van der Waals surface area (Å²) in [6.07, 6.45) is 1.38. The summed E-state index contributed by atoms with van der Waals surface area (Å²) in [5, 5.41) is 4.67. The fraction of sp³-hybridized carbons (Fsp3) is 0. The number of benzene rings is 1. The summed E-state index contributed by atoms with van der Waals surface area (Å²) in [5.74, 6) is 4.96. The van der Waals surface area contributed by atoms with Crippen molar-refractivity contribution in [3.8, 4) is 0 Å². The summed E-state index contributed by atoms with van der Waals surface area (Å²) in [5.41, 5.74) is 0.574. The fourth-order valence-electron chi connectivity index (χ4n) is 0.751. The first-order chi connectivity index (χ1) is 5.65. The second-order valence-corrected chi connectivity index (χ2v) is 3.31. The van der Waals surface area contributed by atoms with Gasteiger partial charge in [-0.3, -0.25) is 0 Å². The summed E-state index contributed by atoms with van der Waals surface area (Å²) in [6.45, 7) is 0. The highest BCUT2D eigenvalue weighted by Crippen LogP contribution is 2.27. The molecule has 1 aromatic rings. The summed E-state index contributed by atoms with van der Waals surface area (Å²) >= 11 is 17.3. The Morgan fingerprint density at radius 1 is 1.17 bits per heavy atom. The van der Waals surface area contributed by atoms with Crippen molar-refractivity contribution in [1.29, 1.82) is 0 Å². The molecule has 0 atom stereocenters. The lowest BCUT2D eigenvalue weighted by molar-refractivity contribution is 1.26. The van der Waals surface area contributed by atoms with Crippen LogP contribution in [0, 0.1) is 0 Å². The Bertz CT molecular complexity index is 299. The van der Waals surface area contributed by atoms with Crippen LogP contribution in [0.25, 0.3) is 0 Å². The molecule has 1 aromatic carbocycles. The molecule has 0 radical (unpaired) electrons. The molecule has 2 nitrogen and oxygen atoms in total. The first-order valence-electron chi connectivity index (χ1n) is 3.03. The molecular formula is C7H5Cl3N2. The zero-order valence-electron chi connectivity index (χ0n) is 5.89. The van der Waals surface area contributed by atoms with Crippen LogP contribution in [0.15, 0.2) is 17.2 Å². The van der Waals surface area contributed by atoms with Crippen LogP contribution in [0.3, 0.4) is 0 Å². The van der Waals surface area contributed by atoms with E-state index in [2.05, 4.69) is 5.10 Å². The zero-order valence-corrected chi connectivity index (χ0v) is 8.16. The van der Waals surface area contributed by atoms with Gasteiger partial charge in [-0.1, -0.05) is 34.8 Å². The lowest BCUT2D eigenvalue weighted by Gasteiger charge is -2.00. The molecule has 0 aliphatic carbocycles. The average molecular weight is 223 g/mol. The summed E-state index contributed by atoms with van der Waals surface area (Å²) in [4.78, 5) is 0. The van der Waals surface area contributed by atoms with Crippen molar-refractivity contribution in [3.63, 3.8) is 0 Å². The normalized spacial score (nSPS) is 10.9. The van der Waals surface area contributed by atoms with Gasteiger partial charge in [-0.25, -0.2) is 0 Å². The van der Waals surface area contributed by atoms with Crippen LogP contribution in [0.1, 0.15) is 5.56 Å². The van der Waals surface area contributed by atoms with E-state index in [-0.39, 0.29) is 0 Å². The van der Waals surface area contributed by atoms with Gasteiger partial charge in [-0.15, -0.1) is 0 Å². The molecule has 2 N–H and O–H groups in total. The monoisotopic (exact) mass is 222 g/mol. The third-order valence-corrected chi connectivity index (χ3v) is 2.09. The Morgan fingerprint density at radius 3 is 2.08 bits per heavy atom. The number of hydrogen-bond acceptors (Lipinski definition) is 2. The maximum Gasteiger partial charge on any atom is 0.0568 e. The van der Waals surface area contributed by atoms with Gasteiger partial charge in [0.25, 0.3) is 0 Å². The molecular weight excluding hydrogens is 218 g/mol. The third kappa shape index (κ3) is 2.03. The number of nitrogens with two attached hydrogens (primary N) is 1. The maximum atomic E-state index is 5.80. The van der Waals surface area contributed by atoms with Crippen molar-refractivity contribution in [2.24, 2.45) is 10.9 Å². The largest absolute Gasteiger partial charge is 0.323 e. The van der Waals surface area contributed by atoms with E-state index in [9.17, 15) is 0 Å². The minimum atomic E-state index is 0.432. The van der Waals surface area contributed by atoms with E-state index in [1.54, 1.807) is 12.1 Å². The molecule has 0 amide bonds. The quantitative estimate of drug-likeness (QED) is 0.444. The smallest absolute Gasteiger partial charge is 0.0568 e. The second kappa shape index (κ2) is 3.99. The molecule has 0 unspecified atom stereocenters. The van der Waals surface area contributed by atoms with Crippen LogP contribution in [0.2, 0.25) is 15.1 Å². The van der Waals surface area contributed by atoms with Crippen LogP contribution in [-0.4, -0.2) is 6.21 Å². The highest BCUT2D eigenvalue weighted by molar-refractivity contribution is 6.41. The van der Waals surface area contributed by atoms with Gasteiger partial charge in [0.05, 0.1) is 16.3 Å². The third-order valence-electron chi connectivity index (χ3n) is 1.25. The van der Waals surface area contributed by atoms with Crippen molar-refractivity contribution >= 4 is 41.0 Å². The number of rotatable bonds is 1. The molecule has 0 heterocycles. The molecule has 0 fully saturated rings. The van der Waals surface area contributed by atoms with Gasteiger partial charge in [0, 0.05) is 10.6 Å². The van der Waals surface area contributed by atoms with Gasteiger partial charge in [-0.05, 0) is 12.1 Å². The van der Waals surface area contributed by atoms with Crippen molar-refractivity contribution in [2.45, 2.75) is 0 Å². The Kier molecular flexibility index (Phi) is 3.20. The van der Waals surface area contributed by atoms with Crippen LogP contribution in [-0.2, 0) is 0 Å². The number of hydrogen-bond donors (Lipinski definition) is 1. The van der Waals surface area contributed by atoms with Crippen molar-refractivity contribution < 1.29 is 0 Å². The van der Waals surface area contributed by atoms with E-state index in [0.717, 1.165) is 0 Å². The van der Waals surface area contributed by atoms with Gasteiger partial charge in [0.2, 0.25) is 0 Å². The fourth-order valence-corrected chi connectivity index (χ4v) is 1.67. The van der Waals surface area contributed by atoms with Crippen molar-refractivity contribution in [3.05, 3.63) is 32.8 Å². The Labute approximate surface area is 84.9 Å². The Morgan fingerprint density at radius 2 is 1.67 bits per heavy atom. The molecule has 0 saturated carbocycles. The molecule has 0 spiro atoms. The molecule has 0 aliphatic heterocycles. The molecule has 0 bridgehead atoms. The van der Waals surface area contributed by atoms with Crippen LogP contribution >= 0.6 is 34.8 Å². The molecule has 0 saturated heterocycles. The van der Waals surface area contributed by atoms with Gasteiger partial charge >= 0.3 is 0 Å². The standard InChI is InChI=1S/C7H5Cl3N2/c8-4-1-6(9)5(3-12-11)7(10)2-4/h1-3H,11H2/b12-3+. The SMILES string of the molecule is N/N=C/c1c(Cl)cc(Cl)cc1Cl. The first-order valence-corrected chi connectivity index (χ1v) is 4.16. The highest BCUT2D eigenvalue weighted by Gasteiger charge is 2.04. The first kappa shape index (κ1) is 9.65. The Hall–Kier alpha value is -0.440. The molecule has 5 heteroatoms. The van der Waals surface area contributed by atoms with Gasteiger partial charge in [0.1, 0.15) is 0 Å². The summed E-state index contributed by atoms with van der Waals surface area (Å²) in [7, 11) is 0. The maximum absolute atomic E-state index is 5.80. The summed E-state index contributed by atoms with van der Waals surface area (Å²) < 4.78 is 0.